The van der Waals surface area contributed by atoms with Gasteiger partial charge in [0, 0.05) is 12.4 Å². The molecular weight excluding hydrogens is 284 g/mol. The zero-order valence-corrected chi connectivity index (χ0v) is 12.0. The molecule has 1 aliphatic heterocycles. The van der Waals surface area contributed by atoms with Crippen molar-refractivity contribution in [2.75, 3.05) is 18.1 Å². The van der Waals surface area contributed by atoms with Gasteiger partial charge in [-0.05, 0) is 30.5 Å². The molecule has 5 heteroatoms. The van der Waals surface area contributed by atoms with E-state index in [2.05, 4.69) is 0 Å². The Hall–Kier alpha value is -0.870. The Labute approximate surface area is 122 Å². The van der Waals surface area contributed by atoms with Crippen LogP contribution in [0.5, 0.6) is 0 Å². The second kappa shape index (κ2) is 5.86. The lowest BCUT2D eigenvalue weighted by molar-refractivity contribution is -0.00916. The first kappa shape index (κ1) is 14.1. The minimum atomic E-state index is -0.521. The second-order valence-corrected chi connectivity index (χ2v) is 5.76. The van der Waals surface area contributed by atoms with Gasteiger partial charge < -0.3 is 9.64 Å². The van der Waals surface area contributed by atoms with Gasteiger partial charge in [0.1, 0.15) is 17.3 Å². The number of benzene rings is 1. The van der Waals surface area contributed by atoms with Crippen LogP contribution in [-0.4, -0.2) is 25.3 Å². The summed E-state index contributed by atoms with van der Waals surface area (Å²) >= 11 is 5.65. The van der Waals surface area contributed by atoms with Gasteiger partial charge in [0.15, 0.2) is 0 Å². The summed E-state index contributed by atoms with van der Waals surface area (Å²) in [5.74, 6) is -0.928. The average molecular weight is 302 g/mol. The molecule has 3 rings (SSSR count). The molecule has 1 heterocycles. The Kier molecular flexibility index (Phi) is 4.13. The highest BCUT2D eigenvalue weighted by Crippen LogP contribution is 2.35. The van der Waals surface area contributed by atoms with Gasteiger partial charge in [-0.15, -0.1) is 11.6 Å². The average Bonchev–Trinajstić information content (AvgIpc) is 2.46. The number of ether oxygens (including phenoxy) is 1. The third kappa shape index (κ3) is 2.51. The summed E-state index contributed by atoms with van der Waals surface area (Å²) in [7, 11) is 0. The fourth-order valence-electron chi connectivity index (χ4n) is 3.34. The maximum atomic E-state index is 14.3. The van der Waals surface area contributed by atoms with E-state index in [0.29, 0.717) is 18.7 Å². The summed E-state index contributed by atoms with van der Waals surface area (Å²) in [6.45, 7) is 1.06. The van der Waals surface area contributed by atoms with E-state index in [-0.39, 0.29) is 23.7 Å². The first-order valence-corrected chi connectivity index (χ1v) is 7.66. The summed E-state index contributed by atoms with van der Waals surface area (Å²) < 4.78 is 34.3. The van der Waals surface area contributed by atoms with Crippen molar-refractivity contribution in [3.63, 3.8) is 0 Å². The lowest BCUT2D eigenvalue weighted by Gasteiger charge is -2.45. The Bertz CT molecular complexity index is 472. The standard InChI is InChI=1S/C15H18ClF2NO/c16-9-10-7-11(17)15(12(18)8-10)19-5-6-20-14-4-2-1-3-13(14)19/h7-8,13-14H,1-6,9H2. The van der Waals surface area contributed by atoms with E-state index in [0.717, 1.165) is 25.7 Å². The number of hydrogen-bond donors (Lipinski definition) is 0. The van der Waals surface area contributed by atoms with E-state index < -0.39 is 11.6 Å². The highest BCUT2D eigenvalue weighted by atomic mass is 35.5. The van der Waals surface area contributed by atoms with Crippen LogP contribution in [0.3, 0.4) is 0 Å². The third-order valence-electron chi connectivity index (χ3n) is 4.25. The first-order chi connectivity index (χ1) is 9.70. The van der Waals surface area contributed by atoms with Crippen molar-refractivity contribution < 1.29 is 13.5 Å². The number of rotatable bonds is 2. The molecule has 0 N–H and O–H groups in total. The van der Waals surface area contributed by atoms with Gasteiger partial charge in [0.05, 0.1) is 18.8 Å². The number of morpholine rings is 1. The molecule has 20 heavy (non-hydrogen) atoms. The van der Waals surface area contributed by atoms with Gasteiger partial charge in [0.25, 0.3) is 0 Å². The molecule has 1 saturated heterocycles. The molecule has 1 aromatic rings. The Morgan fingerprint density at radius 1 is 1.20 bits per heavy atom. The fourth-order valence-corrected chi connectivity index (χ4v) is 3.50. The summed E-state index contributed by atoms with van der Waals surface area (Å²) in [6.07, 6.45) is 4.23. The number of alkyl halides is 1. The highest BCUT2D eigenvalue weighted by Gasteiger charge is 2.36. The van der Waals surface area contributed by atoms with Crippen LogP contribution in [0.4, 0.5) is 14.5 Å². The van der Waals surface area contributed by atoms with Crippen molar-refractivity contribution in [2.45, 2.75) is 43.7 Å². The van der Waals surface area contributed by atoms with Crippen LogP contribution in [0.15, 0.2) is 12.1 Å². The van der Waals surface area contributed by atoms with E-state index in [9.17, 15) is 8.78 Å². The van der Waals surface area contributed by atoms with Gasteiger partial charge in [-0.2, -0.15) is 0 Å². The molecular formula is C15H18ClF2NO. The predicted molar refractivity (Wildman–Crippen MR) is 75.3 cm³/mol. The molecule has 0 aromatic heterocycles. The normalized spacial score (nSPS) is 26.4. The fraction of sp³-hybridized carbons (Fsp3) is 0.600. The van der Waals surface area contributed by atoms with Crippen molar-refractivity contribution >= 4 is 17.3 Å². The van der Waals surface area contributed by atoms with Crippen LogP contribution in [0.1, 0.15) is 31.2 Å². The van der Waals surface area contributed by atoms with Crippen molar-refractivity contribution in [3.05, 3.63) is 29.3 Å². The SMILES string of the molecule is Fc1cc(CCl)cc(F)c1N1CCOC2CCCCC21. The largest absolute Gasteiger partial charge is 0.374 e. The van der Waals surface area contributed by atoms with E-state index in [4.69, 9.17) is 16.3 Å². The topological polar surface area (TPSA) is 12.5 Å². The molecule has 1 saturated carbocycles. The lowest BCUT2D eigenvalue weighted by Crippen LogP contribution is -2.53. The van der Waals surface area contributed by atoms with Crippen molar-refractivity contribution in [3.8, 4) is 0 Å². The molecule has 110 valence electrons. The van der Waals surface area contributed by atoms with Gasteiger partial charge in [-0.1, -0.05) is 12.8 Å². The number of hydrogen-bond acceptors (Lipinski definition) is 2. The minimum absolute atomic E-state index is 0.0825. The van der Waals surface area contributed by atoms with Crippen molar-refractivity contribution in [1.29, 1.82) is 0 Å². The number of anilines is 1. The first-order valence-electron chi connectivity index (χ1n) is 7.13. The maximum Gasteiger partial charge on any atom is 0.149 e. The van der Waals surface area contributed by atoms with Crippen LogP contribution in [-0.2, 0) is 10.6 Å². The van der Waals surface area contributed by atoms with E-state index >= 15 is 0 Å². The number of fused-ring (bicyclic) bond motifs is 1. The molecule has 2 nitrogen and oxygen atoms in total. The zero-order valence-electron chi connectivity index (χ0n) is 11.2. The van der Waals surface area contributed by atoms with E-state index in [1.54, 1.807) is 0 Å². The lowest BCUT2D eigenvalue weighted by atomic mass is 9.89. The third-order valence-corrected chi connectivity index (χ3v) is 4.56. The van der Waals surface area contributed by atoms with Gasteiger partial charge in [-0.3, -0.25) is 0 Å². The van der Waals surface area contributed by atoms with Crippen LogP contribution < -0.4 is 4.90 Å². The molecule has 2 atom stereocenters. The summed E-state index contributed by atoms with van der Waals surface area (Å²) in [5, 5.41) is 0. The molecule has 0 amide bonds. The molecule has 2 unspecified atom stereocenters. The van der Waals surface area contributed by atoms with Crippen LogP contribution >= 0.6 is 11.6 Å². The van der Waals surface area contributed by atoms with Gasteiger partial charge in [0.2, 0.25) is 0 Å². The molecule has 2 aliphatic rings. The zero-order chi connectivity index (χ0) is 14.1. The molecule has 1 aliphatic carbocycles. The summed E-state index contributed by atoms with van der Waals surface area (Å²) in [5.41, 5.74) is 0.554. The van der Waals surface area contributed by atoms with Crippen molar-refractivity contribution in [1.82, 2.24) is 0 Å². The molecule has 1 aromatic carbocycles. The summed E-state index contributed by atoms with van der Waals surface area (Å²) in [6, 6.07) is 2.75. The quantitative estimate of drug-likeness (QED) is 0.769. The molecule has 0 bridgehead atoms. The highest BCUT2D eigenvalue weighted by molar-refractivity contribution is 6.17. The number of nitrogens with zero attached hydrogens (tertiary/aromatic N) is 1. The van der Waals surface area contributed by atoms with Crippen LogP contribution in [0.2, 0.25) is 0 Å². The monoisotopic (exact) mass is 301 g/mol. The van der Waals surface area contributed by atoms with Crippen LogP contribution in [0, 0.1) is 11.6 Å². The number of halogens is 3. The molecule has 2 fully saturated rings. The maximum absolute atomic E-state index is 14.3. The van der Waals surface area contributed by atoms with Gasteiger partial charge in [-0.25, -0.2) is 8.78 Å². The summed E-state index contributed by atoms with van der Waals surface area (Å²) in [4.78, 5) is 1.86. The molecule has 0 radical (unpaired) electrons. The van der Waals surface area contributed by atoms with E-state index in [1.165, 1.54) is 12.1 Å². The van der Waals surface area contributed by atoms with Crippen molar-refractivity contribution in [2.24, 2.45) is 0 Å². The van der Waals surface area contributed by atoms with Gasteiger partial charge >= 0.3 is 0 Å². The molecule has 0 spiro atoms. The Morgan fingerprint density at radius 3 is 2.60 bits per heavy atom. The second-order valence-electron chi connectivity index (χ2n) is 5.50. The Balaban J connectivity index is 1.94. The smallest absolute Gasteiger partial charge is 0.149 e. The minimum Gasteiger partial charge on any atom is -0.374 e. The Morgan fingerprint density at radius 2 is 1.90 bits per heavy atom. The van der Waals surface area contributed by atoms with Crippen LogP contribution in [0.25, 0.3) is 0 Å². The van der Waals surface area contributed by atoms with E-state index in [1.807, 2.05) is 4.90 Å². The predicted octanol–water partition coefficient (Wildman–Crippen LogP) is 3.85.